The second kappa shape index (κ2) is 6.82. The molecule has 1 N–H and O–H groups in total. The largest absolute Gasteiger partial charge is 0.353 e. The van der Waals surface area contributed by atoms with E-state index in [1.54, 1.807) is 0 Å². The highest BCUT2D eigenvalue weighted by molar-refractivity contribution is 5.79. The maximum absolute atomic E-state index is 12.3. The van der Waals surface area contributed by atoms with E-state index in [9.17, 15) is 9.59 Å². The number of carbonyl (C=O) groups excluding carboxylic acids is 2. The third-order valence-corrected chi connectivity index (χ3v) is 5.64. The summed E-state index contributed by atoms with van der Waals surface area (Å²) in [5, 5.41) is 3.12. The van der Waals surface area contributed by atoms with Gasteiger partial charge in [-0.2, -0.15) is 0 Å². The van der Waals surface area contributed by atoms with Crippen molar-refractivity contribution >= 4 is 11.8 Å². The van der Waals surface area contributed by atoms with E-state index in [2.05, 4.69) is 33.0 Å². The Balaban J connectivity index is 1.82. The van der Waals surface area contributed by atoms with E-state index in [-0.39, 0.29) is 23.1 Å². The summed E-state index contributed by atoms with van der Waals surface area (Å²) in [5.74, 6) is 1.41. The number of nitrogens with zero attached hydrogens (tertiary/aromatic N) is 1. The van der Waals surface area contributed by atoms with Gasteiger partial charge in [-0.15, -0.1) is 0 Å². The van der Waals surface area contributed by atoms with Gasteiger partial charge in [-0.25, -0.2) is 0 Å². The first kappa shape index (κ1) is 18.3. The molecule has 0 heterocycles. The van der Waals surface area contributed by atoms with Crippen molar-refractivity contribution in [2.24, 2.45) is 23.2 Å². The number of nitrogens with one attached hydrogen (secondary N) is 1. The van der Waals surface area contributed by atoms with Crippen molar-refractivity contribution in [3.63, 3.8) is 0 Å². The van der Waals surface area contributed by atoms with E-state index in [4.69, 9.17) is 0 Å². The first-order valence-corrected chi connectivity index (χ1v) is 9.18. The van der Waals surface area contributed by atoms with Crippen molar-refractivity contribution in [3.05, 3.63) is 0 Å². The van der Waals surface area contributed by atoms with Crippen LogP contribution in [-0.2, 0) is 9.59 Å². The van der Waals surface area contributed by atoms with Crippen LogP contribution in [-0.4, -0.2) is 35.8 Å². The lowest BCUT2D eigenvalue weighted by molar-refractivity contribution is -0.132. The van der Waals surface area contributed by atoms with Crippen LogP contribution in [0.25, 0.3) is 0 Å². The fourth-order valence-corrected chi connectivity index (χ4v) is 3.36. The van der Waals surface area contributed by atoms with Gasteiger partial charge in [0.2, 0.25) is 11.8 Å². The minimum Gasteiger partial charge on any atom is -0.353 e. The summed E-state index contributed by atoms with van der Waals surface area (Å²) in [6.07, 6.45) is 4.99. The van der Waals surface area contributed by atoms with Crippen LogP contribution in [0.5, 0.6) is 0 Å². The van der Waals surface area contributed by atoms with Crippen molar-refractivity contribution in [2.45, 2.75) is 78.8 Å². The highest BCUT2D eigenvalue weighted by Crippen LogP contribution is 2.46. The molecule has 23 heavy (non-hydrogen) atoms. The summed E-state index contributed by atoms with van der Waals surface area (Å²) < 4.78 is 0. The van der Waals surface area contributed by atoms with Gasteiger partial charge in [0.15, 0.2) is 0 Å². The molecule has 0 saturated heterocycles. The molecule has 0 aromatic heterocycles. The monoisotopic (exact) mass is 322 g/mol. The molecule has 2 aliphatic carbocycles. The molecule has 132 valence electrons. The Labute approximate surface area is 141 Å². The highest BCUT2D eigenvalue weighted by atomic mass is 16.2. The molecule has 3 atom stereocenters. The molecule has 0 aliphatic heterocycles. The van der Waals surface area contributed by atoms with Gasteiger partial charge in [0.05, 0.1) is 0 Å². The maximum atomic E-state index is 12.3. The summed E-state index contributed by atoms with van der Waals surface area (Å²) in [5.41, 5.74) is -0.0275. The van der Waals surface area contributed by atoms with Crippen molar-refractivity contribution in [1.29, 1.82) is 0 Å². The number of amides is 2. The lowest BCUT2D eigenvalue weighted by Gasteiger charge is -2.31. The van der Waals surface area contributed by atoms with E-state index in [1.807, 2.05) is 18.9 Å². The predicted octanol–water partition coefficient (Wildman–Crippen LogP) is 3.21. The van der Waals surface area contributed by atoms with Crippen LogP contribution in [0.15, 0.2) is 0 Å². The van der Waals surface area contributed by atoms with Gasteiger partial charge in [-0.3, -0.25) is 9.59 Å². The smallest absolute Gasteiger partial charge is 0.223 e. The number of hydrogen-bond donors (Lipinski definition) is 1. The van der Waals surface area contributed by atoms with Crippen LogP contribution in [0.1, 0.15) is 66.7 Å². The first-order valence-electron chi connectivity index (χ1n) is 9.18. The topological polar surface area (TPSA) is 49.4 Å². The van der Waals surface area contributed by atoms with Gasteiger partial charge >= 0.3 is 0 Å². The molecule has 2 amide bonds. The van der Waals surface area contributed by atoms with Gasteiger partial charge in [0.1, 0.15) is 0 Å². The number of carbonyl (C=O) groups is 2. The normalized spacial score (nSPS) is 25.2. The van der Waals surface area contributed by atoms with Crippen molar-refractivity contribution in [2.75, 3.05) is 7.05 Å². The molecule has 4 nitrogen and oxygen atoms in total. The molecule has 2 fully saturated rings. The number of hydrogen-bond acceptors (Lipinski definition) is 2. The van der Waals surface area contributed by atoms with Crippen molar-refractivity contribution in [1.82, 2.24) is 10.2 Å². The minimum atomic E-state index is -0.0275. The van der Waals surface area contributed by atoms with E-state index in [0.717, 1.165) is 25.7 Å². The quantitative estimate of drug-likeness (QED) is 0.746. The first-order chi connectivity index (χ1) is 10.6. The van der Waals surface area contributed by atoms with Gasteiger partial charge in [0.25, 0.3) is 0 Å². The molecular formula is C19H34N2O2. The summed E-state index contributed by atoms with van der Waals surface area (Å²) in [7, 11) is 1.94. The molecular weight excluding hydrogens is 288 g/mol. The molecule has 0 bridgehead atoms. The Morgan fingerprint density at radius 1 is 1.22 bits per heavy atom. The SMILES string of the molecule is CC(C)CC(=O)N(C)C1CC1CC(C)(C)C(C)C(=O)NC1CC1. The van der Waals surface area contributed by atoms with Gasteiger partial charge in [-0.05, 0) is 42.9 Å². The standard InChI is InChI=1S/C19H34N2O2/c1-12(2)9-17(22)21(6)16-10-14(16)11-19(4,5)13(3)18(23)20-15-7-8-15/h12-16H,7-11H2,1-6H3,(H,20,23). The zero-order valence-corrected chi connectivity index (χ0v) is 15.7. The van der Waals surface area contributed by atoms with Crippen LogP contribution >= 0.6 is 0 Å². The van der Waals surface area contributed by atoms with Gasteiger partial charge in [-0.1, -0.05) is 34.6 Å². The Kier molecular flexibility index (Phi) is 5.42. The molecule has 3 unspecified atom stereocenters. The zero-order chi connectivity index (χ0) is 17.4. The van der Waals surface area contributed by atoms with Crippen LogP contribution in [0.2, 0.25) is 0 Å². The molecule has 2 rings (SSSR count). The fraction of sp³-hybridized carbons (Fsp3) is 0.895. The maximum Gasteiger partial charge on any atom is 0.223 e. The molecule has 2 saturated carbocycles. The van der Waals surface area contributed by atoms with Gasteiger partial charge < -0.3 is 10.2 Å². The molecule has 2 aliphatic rings. The van der Waals surface area contributed by atoms with Crippen LogP contribution in [0, 0.1) is 23.2 Å². The predicted molar refractivity (Wildman–Crippen MR) is 92.8 cm³/mol. The van der Waals surface area contributed by atoms with Crippen LogP contribution in [0.3, 0.4) is 0 Å². The lowest BCUT2D eigenvalue weighted by atomic mass is 9.75. The second-order valence-electron chi connectivity index (χ2n) is 8.86. The van der Waals surface area contributed by atoms with Crippen molar-refractivity contribution < 1.29 is 9.59 Å². The highest BCUT2D eigenvalue weighted by Gasteiger charge is 2.46. The average molecular weight is 322 g/mol. The molecule has 0 aromatic rings. The third-order valence-electron chi connectivity index (χ3n) is 5.64. The third kappa shape index (κ3) is 4.95. The lowest BCUT2D eigenvalue weighted by Crippen LogP contribution is -2.39. The van der Waals surface area contributed by atoms with Crippen LogP contribution in [0.4, 0.5) is 0 Å². The van der Waals surface area contributed by atoms with E-state index in [1.165, 1.54) is 0 Å². The van der Waals surface area contributed by atoms with Gasteiger partial charge in [0, 0.05) is 31.5 Å². The van der Waals surface area contributed by atoms with Crippen molar-refractivity contribution in [3.8, 4) is 0 Å². The summed E-state index contributed by atoms with van der Waals surface area (Å²) in [6, 6.07) is 0.799. The molecule has 4 heteroatoms. The Morgan fingerprint density at radius 3 is 2.35 bits per heavy atom. The second-order valence-corrected chi connectivity index (χ2v) is 8.86. The van der Waals surface area contributed by atoms with E-state index in [0.29, 0.717) is 30.3 Å². The Morgan fingerprint density at radius 2 is 1.83 bits per heavy atom. The minimum absolute atomic E-state index is 0.0148. The summed E-state index contributed by atoms with van der Waals surface area (Å²) >= 11 is 0. The molecule has 0 radical (unpaired) electrons. The fourth-order valence-electron chi connectivity index (χ4n) is 3.36. The van der Waals surface area contributed by atoms with E-state index >= 15 is 0 Å². The van der Waals surface area contributed by atoms with Crippen LogP contribution < -0.4 is 5.32 Å². The Bertz CT molecular complexity index is 454. The Hall–Kier alpha value is -1.06. The van der Waals surface area contributed by atoms with E-state index < -0.39 is 0 Å². The average Bonchev–Trinajstić information content (AvgIpc) is 3.33. The zero-order valence-electron chi connectivity index (χ0n) is 15.7. The summed E-state index contributed by atoms with van der Waals surface area (Å²) in [4.78, 5) is 26.4. The molecule has 0 aromatic carbocycles. The summed E-state index contributed by atoms with van der Waals surface area (Å²) in [6.45, 7) is 10.6. The number of rotatable bonds is 8. The molecule has 0 spiro atoms.